The molecule has 0 spiro atoms. The van der Waals surface area contributed by atoms with Gasteiger partial charge in [-0.3, -0.25) is 9.79 Å². The Morgan fingerprint density at radius 3 is 2.80 bits per heavy atom. The molecule has 2 aliphatic rings. The van der Waals surface area contributed by atoms with Gasteiger partial charge in [0.15, 0.2) is 0 Å². The summed E-state index contributed by atoms with van der Waals surface area (Å²) in [6, 6.07) is 12.3. The van der Waals surface area contributed by atoms with Gasteiger partial charge in [0.1, 0.15) is 0 Å². The van der Waals surface area contributed by atoms with Crippen LogP contribution < -0.4 is 5.32 Å². The number of aliphatic imine (C=N–C) groups is 1. The van der Waals surface area contributed by atoms with E-state index in [1.807, 2.05) is 24.3 Å². The van der Waals surface area contributed by atoms with Crippen molar-refractivity contribution in [1.29, 1.82) is 0 Å². The Balaban J connectivity index is 1.45. The van der Waals surface area contributed by atoms with Crippen molar-refractivity contribution in [3.8, 4) is 0 Å². The van der Waals surface area contributed by atoms with Crippen LogP contribution in [0.15, 0.2) is 53.5 Å². The van der Waals surface area contributed by atoms with E-state index < -0.39 is 0 Å². The lowest BCUT2D eigenvalue weighted by molar-refractivity contribution is 0.0951. The summed E-state index contributed by atoms with van der Waals surface area (Å²) in [6.45, 7) is 0.571. The largest absolute Gasteiger partial charge is 0.348 e. The molecule has 1 aliphatic heterocycles. The molecular formula is C22H22N2O. The van der Waals surface area contributed by atoms with Gasteiger partial charge in [0, 0.05) is 18.3 Å². The van der Waals surface area contributed by atoms with Gasteiger partial charge < -0.3 is 5.32 Å². The first-order valence-corrected chi connectivity index (χ1v) is 9.00. The van der Waals surface area contributed by atoms with Crippen LogP contribution in [0.1, 0.15) is 45.5 Å². The smallest absolute Gasteiger partial charge is 0.251 e. The van der Waals surface area contributed by atoms with Crippen molar-refractivity contribution >= 4 is 17.8 Å². The van der Waals surface area contributed by atoms with E-state index in [1.165, 1.54) is 36.0 Å². The van der Waals surface area contributed by atoms with Crippen molar-refractivity contribution in [3.63, 3.8) is 0 Å². The van der Waals surface area contributed by atoms with Gasteiger partial charge in [0.2, 0.25) is 0 Å². The first-order valence-electron chi connectivity index (χ1n) is 9.00. The van der Waals surface area contributed by atoms with Gasteiger partial charge in [-0.1, -0.05) is 24.3 Å². The highest BCUT2D eigenvalue weighted by Crippen LogP contribution is 2.24. The molecule has 1 N–H and O–H groups in total. The molecule has 1 heterocycles. The van der Waals surface area contributed by atoms with Crippen molar-refractivity contribution in [2.45, 2.75) is 38.6 Å². The van der Waals surface area contributed by atoms with E-state index in [-0.39, 0.29) is 5.91 Å². The number of allylic oxidation sites excluding steroid dienone is 2. The number of aryl methyl sites for hydroxylation is 2. The number of nitrogens with zero attached hydrogens (tertiary/aromatic N) is 1. The summed E-state index contributed by atoms with van der Waals surface area (Å²) in [5.41, 5.74) is 6.83. The summed E-state index contributed by atoms with van der Waals surface area (Å²) in [5.74, 6) is -0.0299. The van der Waals surface area contributed by atoms with Crippen LogP contribution in [0.5, 0.6) is 0 Å². The maximum atomic E-state index is 12.5. The Morgan fingerprint density at radius 2 is 1.88 bits per heavy atom. The minimum absolute atomic E-state index is 0.0299. The highest BCUT2D eigenvalue weighted by molar-refractivity contribution is 5.95. The van der Waals surface area contributed by atoms with E-state index >= 15 is 0 Å². The Hall–Kier alpha value is -2.68. The summed E-state index contributed by atoms with van der Waals surface area (Å²) in [5, 5.41) is 3.05. The Morgan fingerprint density at radius 1 is 1.00 bits per heavy atom. The van der Waals surface area contributed by atoms with Gasteiger partial charge in [-0.05, 0) is 78.6 Å². The van der Waals surface area contributed by atoms with E-state index in [0.717, 1.165) is 24.1 Å². The summed E-state index contributed by atoms with van der Waals surface area (Å²) in [4.78, 5) is 16.9. The van der Waals surface area contributed by atoms with Crippen molar-refractivity contribution in [1.82, 2.24) is 5.32 Å². The SMILES string of the molecule is O=C(NCc1ccc2c(c1)CCCC2)c1ccc2c(c1)CC=CC=N2. The number of hydrogen-bond acceptors (Lipinski definition) is 2. The van der Waals surface area contributed by atoms with E-state index in [1.54, 1.807) is 6.21 Å². The quantitative estimate of drug-likeness (QED) is 0.895. The fourth-order valence-electron chi connectivity index (χ4n) is 3.58. The Bertz CT molecular complexity index is 864. The molecule has 1 amide bonds. The van der Waals surface area contributed by atoms with Crippen LogP contribution in [0.25, 0.3) is 0 Å². The first kappa shape index (κ1) is 15.8. The van der Waals surface area contributed by atoms with Crippen molar-refractivity contribution < 1.29 is 4.79 Å². The number of benzene rings is 2. The number of fused-ring (bicyclic) bond motifs is 2. The minimum Gasteiger partial charge on any atom is -0.348 e. The highest BCUT2D eigenvalue weighted by atomic mass is 16.1. The van der Waals surface area contributed by atoms with E-state index in [2.05, 4.69) is 34.6 Å². The second-order valence-corrected chi connectivity index (χ2v) is 6.75. The maximum absolute atomic E-state index is 12.5. The second-order valence-electron chi connectivity index (χ2n) is 6.75. The molecule has 0 radical (unpaired) electrons. The number of amides is 1. The average molecular weight is 330 g/mol. The molecule has 0 saturated carbocycles. The lowest BCUT2D eigenvalue weighted by Gasteiger charge is -2.16. The predicted octanol–water partition coefficient (Wildman–Crippen LogP) is 4.31. The predicted molar refractivity (Wildman–Crippen MR) is 102 cm³/mol. The summed E-state index contributed by atoms with van der Waals surface area (Å²) in [6.07, 6.45) is 11.5. The number of rotatable bonds is 3. The normalized spacial score (nSPS) is 15.2. The molecule has 25 heavy (non-hydrogen) atoms. The lowest BCUT2D eigenvalue weighted by Crippen LogP contribution is -2.23. The van der Waals surface area contributed by atoms with E-state index in [4.69, 9.17) is 0 Å². The minimum atomic E-state index is -0.0299. The van der Waals surface area contributed by atoms with Crippen molar-refractivity contribution in [2.75, 3.05) is 0 Å². The maximum Gasteiger partial charge on any atom is 0.251 e. The lowest BCUT2D eigenvalue weighted by atomic mass is 9.90. The molecule has 0 fully saturated rings. The average Bonchev–Trinajstić information content (AvgIpc) is 2.90. The standard InChI is InChI=1S/C22H22N2O/c25-22(20-10-11-21-19(14-20)7-3-4-12-23-21)24-15-16-8-9-17-5-1-2-6-18(17)13-16/h3-4,8-14H,1-2,5-7,15H2,(H,24,25). The van der Waals surface area contributed by atoms with E-state index in [0.29, 0.717) is 12.1 Å². The molecule has 3 nitrogen and oxygen atoms in total. The van der Waals surface area contributed by atoms with Crippen molar-refractivity contribution in [2.24, 2.45) is 4.99 Å². The molecule has 2 aromatic carbocycles. The molecule has 0 bridgehead atoms. The topological polar surface area (TPSA) is 41.5 Å². The van der Waals surface area contributed by atoms with Crippen LogP contribution in [0.2, 0.25) is 0 Å². The fraction of sp³-hybridized carbons (Fsp3) is 0.273. The fourth-order valence-corrected chi connectivity index (χ4v) is 3.58. The third-order valence-corrected chi connectivity index (χ3v) is 4.98. The van der Waals surface area contributed by atoms with Crippen LogP contribution in [-0.2, 0) is 25.8 Å². The van der Waals surface area contributed by atoms with Crippen LogP contribution in [-0.4, -0.2) is 12.1 Å². The summed E-state index contributed by atoms with van der Waals surface area (Å²) >= 11 is 0. The zero-order valence-corrected chi connectivity index (χ0v) is 14.3. The van der Waals surface area contributed by atoms with E-state index in [9.17, 15) is 4.79 Å². The molecule has 0 aromatic heterocycles. The zero-order valence-electron chi connectivity index (χ0n) is 14.3. The molecule has 1 aliphatic carbocycles. The number of carbonyl (C=O) groups excluding carboxylic acids is 1. The van der Waals surface area contributed by atoms with Crippen molar-refractivity contribution in [3.05, 3.63) is 76.4 Å². The monoisotopic (exact) mass is 330 g/mol. The van der Waals surface area contributed by atoms with Gasteiger partial charge in [-0.15, -0.1) is 0 Å². The van der Waals surface area contributed by atoms with Crippen LogP contribution in [0.4, 0.5) is 5.69 Å². The molecule has 0 atom stereocenters. The molecule has 3 heteroatoms. The van der Waals surface area contributed by atoms with Gasteiger partial charge in [0.25, 0.3) is 5.91 Å². The molecule has 0 saturated heterocycles. The first-order chi connectivity index (χ1) is 12.3. The van der Waals surface area contributed by atoms with Crippen LogP contribution in [0, 0.1) is 0 Å². The molecular weight excluding hydrogens is 308 g/mol. The van der Waals surface area contributed by atoms with Crippen LogP contribution in [0.3, 0.4) is 0 Å². The van der Waals surface area contributed by atoms with Gasteiger partial charge in [0.05, 0.1) is 5.69 Å². The van der Waals surface area contributed by atoms with Gasteiger partial charge in [-0.25, -0.2) is 0 Å². The highest BCUT2D eigenvalue weighted by Gasteiger charge is 2.12. The Labute approximate surface area is 148 Å². The van der Waals surface area contributed by atoms with Gasteiger partial charge >= 0.3 is 0 Å². The molecule has 126 valence electrons. The molecule has 0 unspecified atom stereocenters. The second kappa shape index (κ2) is 7.06. The third kappa shape index (κ3) is 3.55. The number of nitrogens with one attached hydrogen (secondary N) is 1. The Kier molecular flexibility index (Phi) is 4.47. The molecule has 4 rings (SSSR count). The van der Waals surface area contributed by atoms with Crippen LogP contribution >= 0.6 is 0 Å². The third-order valence-electron chi connectivity index (χ3n) is 4.98. The number of hydrogen-bond donors (Lipinski definition) is 1. The summed E-state index contributed by atoms with van der Waals surface area (Å²) in [7, 11) is 0. The summed E-state index contributed by atoms with van der Waals surface area (Å²) < 4.78 is 0. The molecule has 2 aromatic rings. The number of carbonyl (C=O) groups is 1. The van der Waals surface area contributed by atoms with Gasteiger partial charge in [-0.2, -0.15) is 0 Å². The zero-order chi connectivity index (χ0) is 17.1.